The first-order chi connectivity index (χ1) is 17.9. The van der Waals surface area contributed by atoms with E-state index in [1.165, 1.54) is 0 Å². The van der Waals surface area contributed by atoms with Gasteiger partial charge in [-0.2, -0.15) is 0 Å². The van der Waals surface area contributed by atoms with Crippen LogP contribution in [0.5, 0.6) is 17.2 Å². The molecule has 37 heavy (non-hydrogen) atoms. The van der Waals surface area contributed by atoms with Crippen LogP contribution in [0.1, 0.15) is 30.9 Å². The molecule has 2 aromatic carbocycles. The molecule has 0 unspecified atom stereocenters. The third-order valence-corrected chi connectivity index (χ3v) is 7.68. The Morgan fingerprint density at radius 3 is 2.73 bits per heavy atom. The summed E-state index contributed by atoms with van der Waals surface area (Å²) in [4.78, 5) is 17.5. The lowest BCUT2D eigenvalue weighted by molar-refractivity contribution is -0.123. The highest BCUT2D eigenvalue weighted by Crippen LogP contribution is 2.34. The summed E-state index contributed by atoms with van der Waals surface area (Å²) in [5.74, 6) is 2.07. The molecule has 0 aliphatic carbocycles. The number of methoxy groups -OCH3 is 1. The predicted molar refractivity (Wildman–Crippen MR) is 141 cm³/mol. The van der Waals surface area contributed by atoms with Crippen LogP contribution in [-0.4, -0.2) is 81.4 Å². The van der Waals surface area contributed by atoms with Crippen molar-refractivity contribution in [3.8, 4) is 17.2 Å². The number of carbonyl (C=O) groups is 1. The number of likely N-dealkylation sites (tertiary alicyclic amines) is 1. The minimum atomic E-state index is -0.0806. The number of carbonyl (C=O) groups excluding carboxylic acids is 1. The predicted octanol–water partition coefficient (Wildman–Crippen LogP) is 3.44. The fourth-order valence-corrected chi connectivity index (χ4v) is 5.64. The SMILES string of the molecule is COc1ccc2cc1Oc1cccc(c1)CO[C@H]1CN(CC3(C)CCOCC3)C[C@@H]1NC(=O)CN(C)C2. The van der Waals surface area contributed by atoms with E-state index >= 15 is 0 Å². The monoisotopic (exact) mass is 509 g/mol. The number of nitrogens with one attached hydrogen (secondary N) is 1. The number of hydrogen-bond acceptors (Lipinski definition) is 7. The van der Waals surface area contributed by atoms with Gasteiger partial charge in [0.1, 0.15) is 5.75 Å². The molecule has 1 N–H and O–H groups in total. The van der Waals surface area contributed by atoms with Crippen molar-refractivity contribution in [2.45, 2.75) is 45.1 Å². The maximum atomic E-state index is 13.1. The number of nitrogens with zero attached hydrogens (tertiary/aromatic N) is 2. The van der Waals surface area contributed by atoms with Crippen LogP contribution in [0.3, 0.4) is 0 Å². The number of rotatable bonds is 3. The van der Waals surface area contributed by atoms with Crippen LogP contribution in [0.2, 0.25) is 0 Å². The molecule has 2 saturated heterocycles. The van der Waals surface area contributed by atoms with E-state index in [1.54, 1.807) is 7.11 Å². The molecule has 3 aliphatic heterocycles. The van der Waals surface area contributed by atoms with Gasteiger partial charge in [0, 0.05) is 39.4 Å². The van der Waals surface area contributed by atoms with Gasteiger partial charge in [0.05, 0.1) is 32.4 Å². The van der Waals surface area contributed by atoms with E-state index in [4.69, 9.17) is 18.9 Å². The summed E-state index contributed by atoms with van der Waals surface area (Å²) < 4.78 is 23.8. The van der Waals surface area contributed by atoms with Gasteiger partial charge in [-0.15, -0.1) is 0 Å². The highest BCUT2D eigenvalue weighted by Gasteiger charge is 2.38. The Hall–Kier alpha value is -2.65. The van der Waals surface area contributed by atoms with Crippen molar-refractivity contribution in [1.29, 1.82) is 0 Å². The van der Waals surface area contributed by atoms with Crippen molar-refractivity contribution in [3.05, 3.63) is 53.6 Å². The second-order valence-electron chi connectivity index (χ2n) is 11.0. The normalized spacial score (nSPS) is 25.1. The first-order valence-corrected chi connectivity index (χ1v) is 13.2. The summed E-state index contributed by atoms with van der Waals surface area (Å²) >= 11 is 0. The van der Waals surface area contributed by atoms with E-state index in [0.717, 1.165) is 62.6 Å². The van der Waals surface area contributed by atoms with Gasteiger partial charge in [-0.3, -0.25) is 14.6 Å². The zero-order valence-electron chi connectivity index (χ0n) is 22.2. The van der Waals surface area contributed by atoms with Crippen LogP contribution in [-0.2, 0) is 27.4 Å². The maximum absolute atomic E-state index is 13.1. The minimum Gasteiger partial charge on any atom is -0.493 e. The lowest BCUT2D eigenvalue weighted by Crippen LogP contribution is -2.47. The Balaban J connectivity index is 1.36. The molecule has 8 nitrogen and oxygen atoms in total. The van der Waals surface area contributed by atoms with Gasteiger partial charge in [0.25, 0.3) is 0 Å². The molecule has 3 heterocycles. The standard InChI is InChI=1S/C29H39N3O5/c1-29(9-11-35-12-10-29)20-32-16-24-27(17-32)36-19-22-5-4-6-23(13-22)37-26-14-21(7-8-25(26)34-3)15-31(2)18-28(33)30-24/h4-8,13-14,24,27H,9-12,15-20H2,1-3H3,(H,30,33)/t24-,27-/m0/s1. The molecule has 0 aromatic heterocycles. The first kappa shape index (κ1) is 26.0. The molecule has 0 spiro atoms. The van der Waals surface area contributed by atoms with Crippen LogP contribution in [0.25, 0.3) is 0 Å². The first-order valence-electron chi connectivity index (χ1n) is 13.2. The van der Waals surface area contributed by atoms with Crippen molar-refractivity contribution < 1.29 is 23.7 Å². The van der Waals surface area contributed by atoms with Gasteiger partial charge in [-0.25, -0.2) is 0 Å². The molecule has 0 radical (unpaired) electrons. The lowest BCUT2D eigenvalue weighted by Gasteiger charge is -2.36. The Kier molecular flexibility index (Phi) is 8.00. The average Bonchev–Trinajstić information content (AvgIpc) is 3.22. The average molecular weight is 510 g/mol. The van der Waals surface area contributed by atoms with Gasteiger partial charge in [-0.1, -0.05) is 25.1 Å². The highest BCUT2D eigenvalue weighted by atomic mass is 16.5. The van der Waals surface area contributed by atoms with E-state index in [-0.39, 0.29) is 23.5 Å². The van der Waals surface area contributed by atoms with E-state index in [1.807, 2.05) is 54.4 Å². The molecule has 8 heteroatoms. The second kappa shape index (κ2) is 11.4. The van der Waals surface area contributed by atoms with Crippen LogP contribution in [0, 0.1) is 5.41 Å². The summed E-state index contributed by atoms with van der Waals surface area (Å²) in [6, 6.07) is 13.8. The Morgan fingerprint density at radius 1 is 1.08 bits per heavy atom. The van der Waals surface area contributed by atoms with Gasteiger partial charge < -0.3 is 24.3 Å². The third-order valence-electron chi connectivity index (χ3n) is 7.68. The van der Waals surface area contributed by atoms with Crippen LogP contribution in [0.4, 0.5) is 0 Å². The van der Waals surface area contributed by atoms with Crippen LogP contribution < -0.4 is 14.8 Å². The van der Waals surface area contributed by atoms with Crippen molar-refractivity contribution >= 4 is 5.91 Å². The molecule has 5 rings (SSSR count). The van der Waals surface area contributed by atoms with E-state index in [0.29, 0.717) is 31.2 Å². The zero-order valence-corrected chi connectivity index (χ0v) is 22.2. The van der Waals surface area contributed by atoms with Crippen molar-refractivity contribution in [2.24, 2.45) is 5.41 Å². The Bertz CT molecular complexity index is 1090. The number of amides is 1. The number of hydrogen-bond donors (Lipinski definition) is 1. The van der Waals surface area contributed by atoms with Gasteiger partial charge in [-0.05, 0) is 60.7 Å². The molecular weight excluding hydrogens is 470 g/mol. The maximum Gasteiger partial charge on any atom is 0.234 e. The number of ether oxygens (including phenoxy) is 4. The van der Waals surface area contributed by atoms with Gasteiger partial charge in [0.2, 0.25) is 5.91 Å². The lowest BCUT2D eigenvalue weighted by atomic mass is 9.82. The summed E-state index contributed by atoms with van der Waals surface area (Å²) in [6.45, 7) is 7.95. The topological polar surface area (TPSA) is 72.5 Å². The molecular formula is C29H39N3O5. The molecule has 2 fully saturated rings. The minimum absolute atomic E-state index is 0.0132. The molecule has 2 aromatic rings. The van der Waals surface area contributed by atoms with Crippen molar-refractivity contribution in [3.63, 3.8) is 0 Å². The number of benzene rings is 2. The van der Waals surface area contributed by atoms with Crippen molar-refractivity contribution in [1.82, 2.24) is 15.1 Å². The fraction of sp³-hybridized carbons (Fsp3) is 0.552. The van der Waals surface area contributed by atoms with E-state index < -0.39 is 0 Å². The van der Waals surface area contributed by atoms with Crippen LogP contribution in [0.15, 0.2) is 42.5 Å². The molecule has 0 saturated carbocycles. The van der Waals surface area contributed by atoms with Gasteiger partial charge >= 0.3 is 0 Å². The highest BCUT2D eigenvalue weighted by molar-refractivity contribution is 5.78. The smallest absolute Gasteiger partial charge is 0.234 e. The zero-order chi connectivity index (χ0) is 25.8. The third kappa shape index (κ3) is 6.62. The van der Waals surface area contributed by atoms with E-state index in [2.05, 4.69) is 17.1 Å². The molecule has 1 amide bonds. The number of likely N-dealkylation sites (N-methyl/N-ethyl adjacent to an activating group) is 1. The molecule has 200 valence electrons. The van der Waals surface area contributed by atoms with Crippen LogP contribution >= 0.6 is 0 Å². The summed E-state index contributed by atoms with van der Waals surface area (Å²) in [6.07, 6.45) is 2.05. The summed E-state index contributed by atoms with van der Waals surface area (Å²) in [5.41, 5.74) is 2.31. The number of fused-ring (bicyclic) bond motifs is 5. The Labute approximate surface area is 219 Å². The Morgan fingerprint density at radius 2 is 1.92 bits per heavy atom. The quantitative estimate of drug-likeness (QED) is 0.680. The van der Waals surface area contributed by atoms with E-state index in [9.17, 15) is 4.79 Å². The fourth-order valence-electron chi connectivity index (χ4n) is 5.64. The van der Waals surface area contributed by atoms with Gasteiger partial charge in [0.15, 0.2) is 11.5 Å². The summed E-state index contributed by atoms with van der Waals surface area (Å²) in [5, 5.41) is 3.29. The second-order valence-corrected chi connectivity index (χ2v) is 11.0. The summed E-state index contributed by atoms with van der Waals surface area (Å²) in [7, 11) is 3.59. The van der Waals surface area contributed by atoms with Crippen molar-refractivity contribution in [2.75, 3.05) is 53.6 Å². The molecule has 4 bridgehead atoms. The molecule has 2 atom stereocenters. The largest absolute Gasteiger partial charge is 0.493 e. The molecule has 3 aliphatic rings.